The van der Waals surface area contributed by atoms with Gasteiger partial charge in [0.25, 0.3) is 0 Å². The Bertz CT molecular complexity index is 464. The standard InChI is InChI=1S/C17H26ClFN2/c1-5-12-10-21(16(9-20-12)17(2,3)4)11-13-14(18)7-6-8-15(13)19/h6-8,12,16,20H,5,9-11H2,1-4H3. The lowest BCUT2D eigenvalue weighted by Gasteiger charge is -2.46. The van der Waals surface area contributed by atoms with E-state index < -0.39 is 0 Å². The maximum atomic E-state index is 14.1. The van der Waals surface area contributed by atoms with Gasteiger partial charge >= 0.3 is 0 Å². The molecule has 0 spiro atoms. The van der Waals surface area contributed by atoms with E-state index in [2.05, 4.69) is 37.9 Å². The largest absolute Gasteiger partial charge is 0.311 e. The van der Waals surface area contributed by atoms with Gasteiger partial charge in [-0.15, -0.1) is 0 Å². The van der Waals surface area contributed by atoms with Gasteiger partial charge in [-0.3, -0.25) is 4.90 Å². The first-order valence-corrected chi connectivity index (χ1v) is 8.11. The van der Waals surface area contributed by atoms with E-state index in [0.29, 0.717) is 29.2 Å². The highest BCUT2D eigenvalue weighted by atomic mass is 35.5. The van der Waals surface area contributed by atoms with Crippen LogP contribution in [0.3, 0.4) is 0 Å². The van der Waals surface area contributed by atoms with E-state index in [-0.39, 0.29) is 11.2 Å². The summed E-state index contributed by atoms with van der Waals surface area (Å²) in [6.45, 7) is 11.3. The minimum atomic E-state index is -0.207. The Balaban J connectivity index is 2.24. The zero-order chi connectivity index (χ0) is 15.6. The summed E-state index contributed by atoms with van der Waals surface area (Å²) in [7, 11) is 0. The average Bonchev–Trinajstić information content (AvgIpc) is 2.41. The molecule has 4 heteroatoms. The molecule has 2 unspecified atom stereocenters. The first-order valence-electron chi connectivity index (χ1n) is 7.73. The van der Waals surface area contributed by atoms with Gasteiger partial charge in [0, 0.05) is 42.3 Å². The molecule has 1 aromatic rings. The lowest BCUT2D eigenvalue weighted by atomic mass is 9.83. The molecular formula is C17H26ClFN2. The van der Waals surface area contributed by atoms with Crippen LogP contribution in [0.25, 0.3) is 0 Å². The van der Waals surface area contributed by atoms with Crippen molar-refractivity contribution in [3.8, 4) is 0 Å². The van der Waals surface area contributed by atoms with Crippen molar-refractivity contribution in [1.82, 2.24) is 10.2 Å². The van der Waals surface area contributed by atoms with E-state index >= 15 is 0 Å². The van der Waals surface area contributed by atoms with Crippen LogP contribution in [0.4, 0.5) is 4.39 Å². The van der Waals surface area contributed by atoms with Crippen LogP contribution in [0.1, 0.15) is 39.7 Å². The molecule has 2 nitrogen and oxygen atoms in total. The van der Waals surface area contributed by atoms with Crippen molar-refractivity contribution in [3.63, 3.8) is 0 Å². The van der Waals surface area contributed by atoms with Crippen molar-refractivity contribution < 1.29 is 4.39 Å². The van der Waals surface area contributed by atoms with E-state index in [1.165, 1.54) is 6.07 Å². The van der Waals surface area contributed by atoms with Gasteiger partial charge < -0.3 is 5.32 Å². The summed E-state index contributed by atoms with van der Waals surface area (Å²) in [5.41, 5.74) is 0.758. The predicted octanol–water partition coefficient (Wildman–Crippen LogP) is 4.08. The molecule has 0 aromatic heterocycles. The summed E-state index contributed by atoms with van der Waals surface area (Å²) < 4.78 is 14.1. The first kappa shape index (κ1) is 16.7. The Kier molecular flexibility index (Phi) is 5.29. The van der Waals surface area contributed by atoms with E-state index in [0.717, 1.165) is 19.5 Å². The molecule has 0 saturated carbocycles. The molecule has 1 heterocycles. The predicted molar refractivity (Wildman–Crippen MR) is 87.1 cm³/mol. The Morgan fingerprint density at radius 1 is 1.38 bits per heavy atom. The van der Waals surface area contributed by atoms with Crippen LogP contribution < -0.4 is 5.32 Å². The minimum Gasteiger partial charge on any atom is -0.311 e. The molecule has 0 amide bonds. The third-order valence-corrected chi connectivity index (χ3v) is 4.77. The molecule has 1 saturated heterocycles. The van der Waals surface area contributed by atoms with Crippen LogP contribution in [0.2, 0.25) is 5.02 Å². The second-order valence-corrected chi connectivity index (χ2v) is 7.43. The highest BCUT2D eigenvalue weighted by Crippen LogP contribution is 2.30. The number of rotatable bonds is 3. The van der Waals surface area contributed by atoms with E-state index in [1.54, 1.807) is 12.1 Å². The molecule has 0 aliphatic carbocycles. The van der Waals surface area contributed by atoms with Crippen molar-refractivity contribution >= 4 is 11.6 Å². The van der Waals surface area contributed by atoms with Gasteiger partial charge in [0.2, 0.25) is 0 Å². The zero-order valence-corrected chi connectivity index (χ0v) is 14.2. The topological polar surface area (TPSA) is 15.3 Å². The molecule has 0 bridgehead atoms. The van der Waals surface area contributed by atoms with Gasteiger partial charge in [-0.25, -0.2) is 4.39 Å². The summed E-state index contributed by atoms with van der Waals surface area (Å²) >= 11 is 6.20. The monoisotopic (exact) mass is 312 g/mol. The van der Waals surface area contributed by atoms with Gasteiger partial charge in [0.1, 0.15) is 5.82 Å². The van der Waals surface area contributed by atoms with Crippen LogP contribution in [-0.4, -0.2) is 30.1 Å². The SMILES string of the molecule is CCC1CN(Cc2c(F)cccc2Cl)C(C(C)(C)C)CN1. The summed E-state index contributed by atoms with van der Waals surface area (Å²) in [4.78, 5) is 2.38. The molecule has 1 N–H and O–H groups in total. The molecule has 2 rings (SSSR count). The summed E-state index contributed by atoms with van der Waals surface area (Å²) in [5.74, 6) is -0.207. The summed E-state index contributed by atoms with van der Waals surface area (Å²) in [6.07, 6.45) is 1.08. The van der Waals surface area contributed by atoms with Crippen LogP contribution in [0.5, 0.6) is 0 Å². The van der Waals surface area contributed by atoms with Crippen LogP contribution in [0.15, 0.2) is 18.2 Å². The molecule has 0 radical (unpaired) electrons. The quantitative estimate of drug-likeness (QED) is 0.905. The molecule has 1 aliphatic rings. The third-order valence-electron chi connectivity index (χ3n) is 4.41. The van der Waals surface area contributed by atoms with E-state index in [9.17, 15) is 4.39 Å². The van der Waals surface area contributed by atoms with Crippen molar-refractivity contribution in [2.75, 3.05) is 13.1 Å². The molecule has 1 aliphatic heterocycles. The number of benzene rings is 1. The number of nitrogens with one attached hydrogen (secondary N) is 1. The fourth-order valence-electron chi connectivity index (χ4n) is 3.07. The van der Waals surface area contributed by atoms with Crippen LogP contribution in [-0.2, 0) is 6.54 Å². The average molecular weight is 313 g/mol. The smallest absolute Gasteiger partial charge is 0.129 e. The van der Waals surface area contributed by atoms with Gasteiger partial charge in [0.05, 0.1) is 0 Å². The third kappa shape index (κ3) is 3.97. The Labute approximate surface area is 132 Å². The second-order valence-electron chi connectivity index (χ2n) is 7.02. The molecule has 21 heavy (non-hydrogen) atoms. The lowest BCUT2D eigenvalue weighted by Crippen LogP contribution is -2.60. The number of nitrogens with zero attached hydrogens (tertiary/aromatic N) is 1. The maximum absolute atomic E-state index is 14.1. The Hall–Kier alpha value is -0.640. The van der Waals surface area contributed by atoms with Crippen molar-refractivity contribution in [2.45, 2.75) is 52.7 Å². The Morgan fingerprint density at radius 2 is 2.10 bits per heavy atom. The van der Waals surface area contributed by atoms with Crippen molar-refractivity contribution in [3.05, 3.63) is 34.6 Å². The normalized spacial score (nSPS) is 24.3. The highest BCUT2D eigenvalue weighted by Gasteiger charge is 2.35. The van der Waals surface area contributed by atoms with E-state index in [4.69, 9.17) is 11.6 Å². The van der Waals surface area contributed by atoms with E-state index in [1.807, 2.05) is 0 Å². The van der Waals surface area contributed by atoms with Gasteiger partial charge in [0.15, 0.2) is 0 Å². The Morgan fingerprint density at radius 3 is 2.67 bits per heavy atom. The fourth-order valence-corrected chi connectivity index (χ4v) is 3.29. The fraction of sp³-hybridized carbons (Fsp3) is 0.647. The molecule has 1 aromatic carbocycles. The minimum absolute atomic E-state index is 0.142. The molecule has 1 fully saturated rings. The molecular weight excluding hydrogens is 287 g/mol. The molecule has 118 valence electrons. The number of hydrogen-bond donors (Lipinski definition) is 1. The first-order chi connectivity index (χ1) is 9.82. The lowest BCUT2D eigenvalue weighted by molar-refractivity contribution is 0.0477. The summed E-state index contributed by atoms with van der Waals surface area (Å²) in [5, 5.41) is 4.12. The highest BCUT2D eigenvalue weighted by molar-refractivity contribution is 6.31. The van der Waals surface area contributed by atoms with Crippen LogP contribution >= 0.6 is 11.6 Å². The second kappa shape index (κ2) is 6.64. The summed E-state index contributed by atoms with van der Waals surface area (Å²) in [6, 6.07) is 5.76. The van der Waals surface area contributed by atoms with Gasteiger partial charge in [-0.2, -0.15) is 0 Å². The van der Waals surface area contributed by atoms with Crippen LogP contribution in [0, 0.1) is 11.2 Å². The number of hydrogen-bond acceptors (Lipinski definition) is 2. The number of halogens is 2. The maximum Gasteiger partial charge on any atom is 0.129 e. The van der Waals surface area contributed by atoms with Gasteiger partial charge in [-0.05, 0) is 24.0 Å². The van der Waals surface area contributed by atoms with Crippen molar-refractivity contribution in [2.24, 2.45) is 5.41 Å². The number of piperazine rings is 1. The van der Waals surface area contributed by atoms with Gasteiger partial charge in [-0.1, -0.05) is 45.4 Å². The zero-order valence-electron chi connectivity index (χ0n) is 13.4. The van der Waals surface area contributed by atoms with Crippen molar-refractivity contribution in [1.29, 1.82) is 0 Å². The molecule has 2 atom stereocenters.